The highest BCUT2D eigenvalue weighted by atomic mass is 32.2. The molecule has 0 saturated carbocycles. The molecule has 1 aliphatic heterocycles. The molecular weight excluding hydrogens is 284 g/mol. The van der Waals surface area contributed by atoms with E-state index in [9.17, 15) is 13.2 Å². The number of hydrogen-bond acceptors (Lipinski definition) is 5. The van der Waals surface area contributed by atoms with Crippen LogP contribution < -0.4 is 0 Å². The Kier molecular flexibility index (Phi) is 6.87. The molecule has 0 aromatic rings. The Hall–Kier alpha value is -0.700. The number of carbonyl (C=O) groups excluding carboxylic acids is 1. The van der Waals surface area contributed by atoms with E-state index in [4.69, 9.17) is 4.74 Å². The van der Waals surface area contributed by atoms with E-state index in [2.05, 4.69) is 4.74 Å². The maximum absolute atomic E-state index is 12.4. The minimum atomic E-state index is -3.51. The minimum Gasteiger partial charge on any atom is -0.469 e. The van der Waals surface area contributed by atoms with Gasteiger partial charge in [-0.25, -0.2) is 0 Å². The summed E-state index contributed by atoms with van der Waals surface area (Å²) in [6.07, 6.45) is 1.87. The average Bonchev–Trinajstić information content (AvgIpc) is 2.44. The fourth-order valence-corrected chi connectivity index (χ4v) is 3.75. The SMILES string of the molecule is COCC1CCCN(S(=O)(=O)N(C)CCC(=O)OC)C1. The van der Waals surface area contributed by atoms with Crippen LogP contribution in [0, 0.1) is 5.92 Å². The van der Waals surface area contributed by atoms with Crippen LogP contribution in [0.3, 0.4) is 0 Å². The second kappa shape index (κ2) is 7.92. The molecule has 8 heteroatoms. The quantitative estimate of drug-likeness (QED) is 0.623. The van der Waals surface area contributed by atoms with Gasteiger partial charge in [0.1, 0.15) is 0 Å². The molecule has 0 bridgehead atoms. The van der Waals surface area contributed by atoms with Crippen LogP contribution in [0.1, 0.15) is 19.3 Å². The molecule has 0 radical (unpaired) electrons. The van der Waals surface area contributed by atoms with Gasteiger partial charge >= 0.3 is 5.97 Å². The molecule has 0 aromatic carbocycles. The van der Waals surface area contributed by atoms with Gasteiger partial charge in [-0.15, -0.1) is 0 Å². The van der Waals surface area contributed by atoms with Crippen molar-refractivity contribution in [1.29, 1.82) is 0 Å². The van der Waals surface area contributed by atoms with Crippen LogP contribution in [-0.4, -0.2) is 70.5 Å². The highest BCUT2D eigenvalue weighted by molar-refractivity contribution is 7.86. The highest BCUT2D eigenvalue weighted by Gasteiger charge is 2.31. The molecule has 0 aromatic heterocycles. The van der Waals surface area contributed by atoms with Gasteiger partial charge in [-0.1, -0.05) is 0 Å². The van der Waals surface area contributed by atoms with Crippen molar-refractivity contribution in [2.24, 2.45) is 5.92 Å². The molecule has 1 heterocycles. The van der Waals surface area contributed by atoms with Gasteiger partial charge in [0.2, 0.25) is 0 Å². The smallest absolute Gasteiger partial charge is 0.306 e. The van der Waals surface area contributed by atoms with Crippen molar-refractivity contribution in [2.45, 2.75) is 19.3 Å². The Morgan fingerprint density at radius 1 is 1.40 bits per heavy atom. The van der Waals surface area contributed by atoms with Crippen LogP contribution in [0.4, 0.5) is 0 Å². The van der Waals surface area contributed by atoms with Gasteiger partial charge in [0.05, 0.1) is 20.1 Å². The second-order valence-electron chi connectivity index (χ2n) is 4.98. The summed E-state index contributed by atoms with van der Waals surface area (Å²) < 4.78 is 37.1. The summed E-state index contributed by atoms with van der Waals surface area (Å²) in [5.41, 5.74) is 0. The topological polar surface area (TPSA) is 76.2 Å². The molecule has 0 spiro atoms. The van der Waals surface area contributed by atoms with Gasteiger partial charge in [0.25, 0.3) is 10.2 Å². The van der Waals surface area contributed by atoms with E-state index in [-0.39, 0.29) is 18.9 Å². The molecule has 1 saturated heterocycles. The summed E-state index contributed by atoms with van der Waals surface area (Å²) in [7, 11) is 0.880. The zero-order valence-corrected chi connectivity index (χ0v) is 13.2. The lowest BCUT2D eigenvalue weighted by Crippen LogP contribution is -2.47. The number of esters is 1. The molecule has 0 aliphatic carbocycles. The first kappa shape index (κ1) is 17.4. The third-order valence-corrected chi connectivity index (χ3v) is 5.42. The Bertz CT molecular complexity index is 410. The molecule has 0 amide bonds. The Labute approximate surface area is 121 Å². The number of methoxy groups -OCH3 is 2. The Morgan fingerprint density at radius 3 is 2.70 bits per heavy atom. The monoisotopic (exact) mass is 308 g/mol. The first-order chi connectivity index (χ1) is 9.41. The molecule has 118 valence electrons. The Morgan fingerprint density at radius 2 is 2.10 bits per heavy atom. The lowest BCUT2D eigenvalue weighted by atomic mass is 10.0. The van der Waals surface area contributed by atoms with Crippen molar-refractivity contribution in [3.05, 3.63) is 0 Å². The third-order valence-electron chi connectivity index (χ3n) is 3.46. The summed E-state index contributed by atoms with van der Waals surface area (Å²) in [4.78, 5) is 11.1. The van der Waals surface area contributed by atoms with Crippen molar-refractivity contribution in [3.8, 4) is 0 Å². The molecule has 7 nitrogen and oxygen atoms in total. The van der Waals surface area contributed by atoms with Crippen molar-refractivity contribution >= 4 is 16.2 Å². The first-order valence-corrected chi connectivity index (χ1v) is 8.08. The number of rotatable bonds is 7. The van der Waals surface area contributed by atoms with Crippen LogP contribution in [0.25, 0.3) is 0 Å². The molecule has 20 heavy (non-hydrogen) atoms. The van der Waals surface area contributed by atoms with Gasteiger partial charge in [-0.05, 0) is 18.8 Å². The summed E-state index contributed by atoms with van der Waals surface area (Å²) >= 11 is 0. The predicted octanol–water partition coefficient (Wildman–Crippen LogP) is 0.0845. The molecule has 1 aliphatic rings. The zero-order chi connectivity index (χ0) is 15.2. The summed E-state index contributed by atoms with van der Waals surface area (Å²) in [5.74, 6) is -0.180. The van der Waals surface area contributed by atoms with Crippen LogP contribution in [0.2, 0.25) is 0 Å². The lowest BCUT2D eigenvalue weighted by molar-refractivity contribution is -0.140. The zero-order valence-electron chi connectivity index (χ0n) is 12.4. The minimum absolute atomic E-state index is 0.0571. The van der Waals surface area contributed by atoms with Gasteiger partial charge < -0.3 is 9.47 Å². The van der Waals surface area contributed by atoms with E-state index in [1.54, 1.807) is 7.11 Å². The van der Waals surface area contributed by atoms with Gasteiger partial charge in [0.15, 0.2) is 0 Å². The van der Waals surface area contributed by atoms with E-state index in [1.807, 2.05) is 0 Å². The maximum Gasteiger partial charge on any atom is 0.306 e. The number of nitrogens with zero attached hydrogens (tertiary/aromatic N) is 2. The number of carbonyl (C=O) groups is 1. The standard InChI is InChI=1S/C12H24N2O5S/c1-13(8-6-12(15)19-3)20(16,17)14-7-4-5-11(9-14)10-18-2/h11H,4-10H2,1-3H3. The normalized spacial score (nSPS) is 21.1. The fraction of sp³-hybridized carbons (Fsp3) is 0.917. The van der Waals surface area contributed by atoms with Crippen molar-refractivity contribution in [1.82, 2.24) is 8.61 Å². The predicted molar refractivity (Wildman–Crippen MR) is 74.4 cm³/mol. The van der Waals surface area contributed by atoms with E-state index in [0.29, 0.717) is 19.7 Å². The van der Waals surface area contributed by atoms with Crippen LogP contribution in [0.5, 0.6) is 0 Å². The van der Waals surface area contributed by atoms with Crippen molar-refractivity contribution in [3.63, 3.8) is 0 Å². The first-order valence-electron chi connectivity index (χ1n) is 6.69. The molecular formula is C12H24N2O5S. The largest absolute Gasteiger partial charge is 0.469 e. The highest BCUT2D eigenvalue weighted by Crippen LogP contribution is 2.20. The molecule has 1 unspecified atom stereocenters. The summed E-state index contributed by atoms with van der Waals surface area (Å²) in [6, 6.07) is 0. The van der Waals surface area contributed by atoms with Crippen LogP contribution >= 0.6 is 0 Å². The van der Waals surface area contributed by atoms with Crippen LogP contribution in [-0.2, 0) is 24.5 Å². The van der Waals surface area contributed by atoms with E-state index < -0.39 is 16.2 Å². The van der Waals surface area contributed by atoms with E-state index in [1.165, 1.54) is 22.8 Å². The van der Waals surface area contributed by atoms with Crippen molar-refractivity contribution < 1.29 is 22.7 Å². The molecule has 1 rings (SSSR count). The van der Waals surface area contributed by atoms with E-state index in [0.717, 1.165) is 12.8 Å². The summed E-state index contributed by atoms with van der Waals surface area (Å²) in [6.45, 7) is 1.68. The Balaban J connectivity index is 2.60. The van der Waals surface area contributed by atoms with Gasteiger partial charge in [-0.2, -0.15) is 17.0 Å². The van der Waals surface area contributed by atoms with E-state index >= 15 is 0 Å². The van der Waals surface area contributed by atoms with Gasteiger partial charge in [0, 0.05) is 33.8 Å². The number of hydrogen-bond donors (Lipinski definition) is 0. The second-order valence-corrected chi connectivity index (χ2v) is 7.01. The van der Waals surface area contributed by atoms with Crippen molar-refractivity contribution in [2.75, 3.05) is 47.5 Å². The summed E-state index contributed by atoms with van der Waals surface area (Å²) in [5, 5.41) is 0. The van der Waals surface area contributed by atoms with Crippen LogP contribution in [0.15, 0.2) is 0 Å². The maximum atomic E-state index is 12.4. The molecule has 0 N–H and O–H groups in total. The average molecular weight is 308 g/mol. The number of piperidine rings is 1. The molecule has 1 fully saturated rings. The molecule has 1 atom stereocenters. The third kappa shape index (κ3) is 4.69. The lowest BCUT2D eigenvalue weighted by Gasteiger charge is -2.34. The van der Waals surface area contributed by atoms with Gasteiger partial charge in [-0.3, -0.25) is 4.79 Å². The number of ether oxygens (including phenoxy) is 2. The fourth-order valence-electron chi connectivity index (χ4n) is 2.27.